The predicted molar refractivity (Wildman–Crippen MR) is 77.2 cm³/mol. The number of aromatic nitrogens is 2. The van der Waals surface area contributed by atoms with Crippen molar-refractivity contribution in [3.8, 4) is 0 Å². The summed E-state index contributed by atoms with van der Waals surface area (Å²) < 4.78 is 0. The molecule has 1 heterocycles. The molecule has 7 nitrogen and oxygen atoms in total. The molecule has 0 aliphatic carbocycles. The van der Waals surface area contributed by atoms with Gasteiger partial charge >= 0.3 is 0 Å². The molecule has 2 amide bonds. The van der Waals surface area contributed by atoms with Crippen LogP contribution in [0.3, 0.4) is 0 Å². The number of nitrogens with one attached hydrogen (secondary N) is 3. The largest absolute Gasteiger partial charge is 0.395 e. The molecule has 1 atom stereocenters. The Labute approximate surface area is 118 Å². The van der Waals surface area contributed by atoms with Crippen molar-refractivity contribution in [3.63, 3.8) is 0 Å². The number of nitrogen functional groups attached to an aromatic ring is 1. The number of anilines is 1. The van der Waals surface area contributed by atoms with Gasteiger partial charge in [0.25, 0.3) is 5.91 Å². The molecule has 7 heteroatoms. The minimum Gasteiger partial charge on any atom is -0.395 e. The first-order valence-electron chi connectivity index (χ1n) is 6.92. The van der Waals surface area contributed by atoms with E-state index in [9.17, 15) is 9.59 Å². The number of nitrogens with zero attached hydrogens (tertiary/aromatic N) is 1. The highest BCUT2D eigenvalue weighted by Gasteiger charge is 2.21. The Morgan fingerprint density at radius 1 is 1.35 bits per heavy atom. The molecule has 0 aliphatic heterocycles. The van der Waals surface area contributed by atoms with Crippen LogP contribution in [-0.2, 0) is 11.2 Å². The minimum atomic E-state index is -0.625. The van der Waals surface area contributed by atoms with E-state index in [1.165, 1.54) is 0 Å². The summed E-state index contributed by atoms with van der Waals surface area (Å²) in [6.45, 7) is 6.19. The number of H-pyrrole nitrogens is 1. The first-order chi connectivity index (χ1) is 9.51. The molecule has 0 saturated heterocycles. The van der Waals surface area contributed by atoms with E-state index in [4.69, 9.17) is 5.73 Å². The molecule has 0 saturated carbocycles. The van der Waals surface area contributed by atoms with Gasteiger partial charge in [0.05, 0.1) is 11.4 Å². The number of amides is 2. The number of rotatable bonds is 7. The normalized spacial score (nSPS) is 11.9. The van der Waals surface area contributed by atoms with Crippen molar-refractivity contribution in [2.24, 2.45) is 0 Å². The summed E-state index contributed by atoms with van der Waals surface area (Å²) in [5.74, 6) is -0.664. The fraction of sp³-hybridized carbons (Fsp3) is 0.615. The highest BCUT2D eigenvalue weighted by atomic mass is 16.2. The quantitative estimate of drug-likeness (QED) is 0.585. The summed E-state index contributed by atoms with van der Waals surface area (Å²) in [6.07, 6.45) is 2.49. The Morgan fingerprint density at radius 3 is 2.65 bits per heavy atom. The zero-order chi connectivity index (χ0) is 15.1. The molecular weight excluding hydrogens is 258 g/mol. The third-order valence-electron chi connectivity index (χ3n) is 2.89. The second-order valence-electron chi connectivity index (χ2n) is 4.70. The van der Waals surface area contributed by atoms with Gasteiger partial charge in [0, 0.05) is 6.54 Å². The van der Waals surface area contributed by atoms with E-state index in [-0.39, 0.29) is 11.6 Å². The molecule has 0 bridgehead atoms. The first-order valence-corrected chi connectivity index (χ1v) is 6.92. The lowest BCUT2D eigenvalue weighted by Crippen LogP contribution is -2.45. The Balaban J connectivity index is 2.64. The molecule has 0 spiro atoms. The summed E-state index contributed by atoms with van der Waals surface area (Å²) in [6, 6.07) is -0.625. The van der Waals surface area contributed by atoms with Crippen LogP contribution in [0.25, 0.3) is 0 Å². The first kappa shape index (κ1) is 16.0. The summed E-state index contributed by atoms with van der Waals surface area (Å²) in [5, 5.41) is 12.0. The van der Waals surface area contributed by atoms with Crippen LogP contribution in [-0.4, -0.2) is 34.6 Å². The number of carbonyl (C=O) groups excluding carboxylic acids is 2. The second kappa shape index (κ2) is 7.52. The maximum absolute atomic E-state index is 12.0. The van der Waals surface area contributed by atoms with Crippen molar-refractivity contribution in [1.82, 2.24) is 20.8 Å². The number of hydrogen-bond acceptors (Lipinski definition) is 4. The van der Waals surface area contributed by atoms with E-state index < -0.39 is 11.9 Å². The molecule has 0 aliphatic rings. The average molecular weight is 281 g/mol. The fourth-order valence-electron chi connectivity index (χ4n) is 1.73. The average Bonchev–Trinajstić information content (AvgIpc) is 2.78. The van der Waals surface area contributed by atoms with Crippen molar-refractivity contribution in [1.29, 1.82) is 0 Å². The lowest BCUT2D eigenvalue weighted by atomic mass is 10.2. The topological polar surface area (TPSA) is 113 Å². The van der Waals surface area contributed by atoms with Gasteiger partial charge in [0.15, 0.2) is 5.69 Å². The Kier molecular flexibility index (Phi) is 6.02. The van der Waals surface area contributed by atoms with Crippen molar-refractivity contribution < 1.29 is 9.59 Å². The van der Waals surface area contributed by atoms with Crippen LogP contribution in [0.2, 0.25) is 0 Å². The smallest absolute Gasteiger partial charge is 0.274 e. The van der Waals surface area contributed by atoms with E-state index in [2.05, 4.69) is 20.8 Å². The molecule has 5 N–H and O–H groups in total. The van der Waals surface area contributed by atoms with Gasteiger partial charge in [-0.3, -0.25) is 14.7 Å². The molecular formula is C13H23N5O2. The highest BCUT2D eigenvalue weighted by molar-refractivity contribution is 6.00. The molecule has 1 aromatic heterocycles. The number of carbonyl (C=O) groups is 2. The molecule has 0 radical (unpaired) electrons. The third kappa shape index (κ3) is 3.97. The van der Waals surface area contributed by atoms with E-state index in [1.807, 2.05) is 13.8 Å². The van der Waals surface area contributed by atoms with Crippen molar-refractivity contribution in [2.75, 3.05) is 12.3 Å². The van der Waals surface area contributed by atoms with Crippen LogP contribution >= 0.6 is 0 Å². The SMILES string of the molecule is CCCNC(=O)C(C)NC(=O)c1n[nH]c(CCC)c1N. The monoisotopic (exact) mass is 281 g/mol. The lowest BCUT2D eigenvalue weighted by Gasteiger charge is -2.13. The fourth-order valence-corrected chi connectivity index (χ4v) is 1.73. The molecule has 112 valence electrons. The summed E-state index contributed by atoms with van der Waals surface area (Å²) >= 11 is 0. The minimum absolute atomic E-state index is 0.142. The van der Waals surface area contributed by atoms with Crippen molar-refractivity contribution >= 4 is 17.5 Å². The summed E-state index contributed by atoms with van der Waals surface area (Å²) in [4.78, 5) is 23.7. The highest BCUT2D eigenvalue weighted by Crippen LogP contribution is 2.15. The summed E-state index contributed by atoms with van der Waals surface area (Å²) in [5.41, 5.74) is 7.11. The van der Waals surface area contributed by atoms with Gasteiger partial charge in [-0.1, -0.05) is 20.3 Å². The van der Waals surface area contributed by atoms with Crippen LogP contribution in [0, 0.1) is 0 Å². The second-order valence-corrected chi connectivity index (χ2v) is 4.70. The predicted octanol–water partition coefficient (Wildman–Crippen LogP) is 0.589. The zero-order valence-corrected chi connectivity index (χ0v) is 12.2. The molecule has 1 rings (SSSR count). The molecule has 20 heavy (non-hydrogen) atoms. The van der Waals surface area contributed by atoms with Crippen molar-refractivity contribution in [3.05, 3.63) is 11.4 Å². The zero-order valence-electron chi connectivity index (χ0n) is 12.2. The standard InChI is InChI=1S/C13H23N5O2/c1-4-6-9-10(14)11(18-17-9)13(20)16-8(3)12(19)15-7-5-2/h8H,4-7,14H2,1-3H3,(H,15,19)(H,16,20)(H,17,18). The Morgan fingerprint density at radius 2 is 2.05 bits per heavy atom. The maximum atomic E-state index is 12.0. The van der Waals surface area contributed by atoms with E-state index in [1.54, 1.807) is 6.92 Å². The lowest BCUT2D eigenvalue weighted by molar-refractivity contribution is -0.122. The number of aryl methyl sites for hydroxylation is 1. The van der Waals surface area contributed by atoms with Crippen molar-refractivity contribution in [2.45, 2.75) is 46.1 Å². The van der Waals surface area contributed by atoms with E-state index in [0.29, 0.717) is 12.2 Å². The van der Waals surface area contributed by atoms with Gasteiger partial charge in [0.2, 0.25) is 5.91 Å². The number of hydrogen-bond donors (Lipinski definition) is 4. The van der Waals surface area contributed by atoms with Crippen LogP contribution < -0.4 is 16.4 Å². The Bertz CT molecular complexity index is 469. The maximum Gasteiger partial charge on any atom is 0.274 e. The van der Waals surface area contributed by atoms with Crippen LogP contribution in [0.5, 0.6) is 0 Å². The van der Waals surface area contributed by atoms with Crippen LogP contribution in [0.15, 0.2) is 0 Å². The van der Waals surface area contributed by atoms with Crippen LogP contribution in [0.4, 0.5) is 5.69 Å². The third-order valence-corrected chi connectivity index (χ3v) is 2.89. The van der Waals surface area contributed by atoms with Gasteiger partial charge in [-0.15, -0.1) is 0 Å². The molecule has 0 aromatic carbocycles. The van der Waals surface area contributed by atoms with E-state index in [0.717, 1.165) is 25.0 Å². The van der Waals surface area contributed by atoms with Gasteiger partial charge in [-0.2, -0.15) is 5.10 Å². The van der Waals surface area contributed by atoms with Crippen LogP contribution in [0.1, 0.15) is 49.8 Å². The molecule has 1 unspecified atom stereocenters. The Hall–Kier alpha value is -2.05. The van der Waals surface area contributed by atoms with Gasteiger partial charge in [-0.05, 0) is 19.8 Å². The molecule has 1 aromatic rings. The number of aromatic amines is 1. The van der Waals surface area contributed by atoms with E-state index >= 15 is 0 Å². The molecule has 0 fully saturated rings. The van der Waals surface area contributed by atoms with Gasteiger partial charge < -0.3 is 16.4 Å². The van der Waals surface area contributed by atoms with Gasteiger partial charge in [0.1, 0.15) is 6.04 Å². The summed E-state index contributed by atoms with van der Waals surface area (Å²) in [7, 11) is 0. The van der Waals surface area contributed by atoms with Gasteiger partial charge in [-0.25, -0.2) is 0 Å². The number of nitrogens with two attached hydrogens (primary N) is 1.